The number of fused-ring (bicyclic) bond motifs is 2. The second kappa shape index (κ2) is 7.55. The summed E-state index contributed by atoms with van der Waals surface area (Å²) in [6.07, 6.45) is 2.82. The summed E-state index contributed by atoms with van der Waals surface area (Å²) in [6, 6.07) is 5.31. The van der Waals surface area contributed by atoms with Gasteiger partial charge < -0.3 is 14.6 Å². The molecule has 152 valence electrons. The summed E-state index contributed by atoms with van der Waals surface area (Å²) in [5, 5.41) is 3.43. The van der Waals surface area contributed by atoms with Crippen molar-refractivity contribution < 1.29 is 9.53 Å². The van der Waals surface area contributed by atoms with Gasteiger partial charge in [-0.05, 0) is 44.4 Å². The number of anilines is 1. The number of nitrogens with one attached hydrogen (secondary N) is 1. The van der Waals surface area contributed by atoms with Gasteiger partial charge in [0.15, 0.2) is 0 Å². The van der Waals surface area contributed by atoms with E-state index in [1.807, 2.05) is 19.9 Å². The molecule has 8 heteroatoms. The number of aromatic nitrogens is 3. The lowest BCUT2D eigenvalue weighted by atomic mass is 10.1. The van der Waals surface area contributed by atoms with Gasteiger partial charge in [0.25, 0.3) is 5.56 Å². The summed E-state index contributed by atoms with van der Waals surface area (Å²) in [5.41, 5.74) is 3.24. The first-order valence-electron chi connectivity index (χ1n) is 9.62. The number of aryl methyl sites for hydroxylation is 3. The second-order valence-corrected chi connectivity index (χ2v) is 7.80. The van der Waals surface area contributed by atoms with E-state index in [-0.39, 0.29) is 18.0 Å². The minimum absolute atomic E-state index is 0.0103. The summed E-state index contributed by atoms with van der Waals surface area (Å²) in [4.78, 5) is 30.5. The fourth-order valence-corrected chi connectivity index (χ4v) is 4.01. The molecule has 7 nitrogen and oxygen atoms in total. The molecular formula is C21H23ClN4O3. The number of hydrogen-bond donors (Lipinski definition) is 1. The summed E-state index contributed by atoms with van der Waals surface area (Å²) < 4.78 is 8.80. The molecule has 0 aliphatic carbocycles. The highest BCUT2D eigenvalue weighted by Crippen LogP contribution is 2.31. The van der Waals surface area contributed by atoms with Crippen LogP contribution in [0.3, 0.4) is 0 Å². The number of carbonyl (C=O) groups is 1. The van der Waals surface area contributed by atoms with Crippen molar-refractivity contribution in [3.63, 3.8) is 0 Å². The van der Waals surface area contributed by atoms with E-state index in [9.17, 15) is 9.59 Å². The number of amides is 1. The van der Waals surface area contributed by atoms with E-state index < -0.39 is 0 Å². The molecule has 0 radical (unpaired) electrons. The van der Waals surface area contributed by atoms with Gasteiger partial charge in [0, 0.05) is 29.7 Å². The maximum absolute atomic E-state index is 13.1. The molecule has 0 spiro atoms. The van der Waals surface area contributed by atoms with Gasteiger partial charge >= 0.3 is 0 Å². The van der Waals surface area contributed by atoms with Crippen LogP contribution in [-0.2, 0) is 24.3 Å². The molecule has 3 aromatic rings. The van der Waals surface area contributed by atoms with E-state index in [1.54, 1.807) is 21.3 Å². The van der Waals surface area contributed by atoms with Crippen LogP contribution in [0.25, 0.3) is 11.0 Å². The highest BCUT2D eigenvalue weighted by molar-refractivity contribution is 6.31. The van der Waals surface area contributed by atoms with Crippen LogP contribution in [0.4, 0.5) is 5.69 Å². The number of halogens is 1. The van der Waals surface area contributed by atoms with Gasteiger partial charge in [0.1, 0.15) is 23.6 Å². The minimum atomic E-state index is -0.257. The van der Waals surface area contributed by atoms with E-state index in [4.69, 9.17) is 16.3 Å². The number of nitrogens with zero attached hydrogens (tertiary/aromatic N) is 3. The summed E-state index contributed by atoms with van der Waals surface area (Å²) >= 11 is 6.14. The van der Waals surface area contributed by atoms with E-state index in [0.717, 1.165) is 36.3 Å². The molecule has 0 atom stereocenters. The zero-order chi connectivity index (χ0) is 20.7. The van der Waals surface area contributed by atoms with E-state index in [2.05, 4.69) is 10.3 Å². The van der Waals surface area contributed by atoms with Crippen molar-refractivity contribution in [1.82, 2.24) is 14.1 Å². The van der Waals surface area contributed by atoms with Crippen LogP contribution in [0.15, 0.2) is 23.0 Å². The molecule has 0 bridgehead atoms. The van der Waals surface area contributed by atoms with E-state index in [0.29, 0.717) is 34.0 Å². The van der Waals surface area contributed by atoms with Crippen molar-refractivity contribution in [2.75, 3.05) is 12.4 Å². The Morgan fingerprint density at radius 3 is 2.83 bits per heavy atom. The van der Waals surface area contributed by atoms with Crippen LogP contribution in [-0.4, -0.2) is 27.1 Å². The second-order valence-electron chi connectivity index (χ2n) is 7.40. The molecule has 1 aliphatic heterocycles. The van der Waals surface area contributed by atoms with Crippen molar-refractivity contribution in [3.05, 3.63) is 50.7 Å². The van der Waals surface area contributed by atoms with Crippen LogP contribution in [0.2, 0.25) is 5.02 Å². The van der Waals surface area contributed by atoms with Gasteiger partial charge in [0.2, 0.25) is 5.91 Å². The first-order valence-corrected chi connectivity index (χ1v) is 10.0. The monoisotopic (exact) mass is 414 g/mol. The molecule has 29 heavy (non-hydrogen) atoms. The predicted molar refractivity (Wildman–Crippen MR) is 113 cm³/mol. The van der Waals surface area contributed by atoms with Gasteiger partial charge in [-0.1, -0.05) is 11.6 Å². The Hall–Kier alpha value is -2.80. The third-order valence-corrected chi connectivity index (χ3v) is 5.79. The molecule has 0 saturated heterocycles. The summed E-state index contributed by atoms with van der Waals surface area (Å²) in [6.45, 7) is 4.42. The normalized spacial score (nSPS) is 13.4. The molecule has 0 saturated carbocycles. The SMILES string of the molecule is COc1cc(Cl)c(C)cc1NC(=O)Cn1c(C)cc2nc3n(c(=O)c21)CCCC3. The number of rotatable bonds is 4. The minimum Gasteiger partial charge on any atom is -0.495 e. The topological polar surface area (TPSA) is 78.2 Å². The van der Waals surface area contributed by atoms with E-state index >= 15 is 0 Å². The first-order chi connectivity index (χ1) is 13.9. The maximum Gasteiger partial charge on any atom is 0.278 e. The average Bonchev–Trinajstić information content (AvgIpc) is 3.00. The fraction of sp³-hybridized carbons (Fsp3) is 0.381. The number of hydrogen-bond acceptors (Lipinski definition) is 4. The van der Waals surface area contributed by atoms with Gasteiger partial charge in [-0.3, -0.25) is 14.2 Å². The van der Waals surface area contributed by atoms with Crippen LogP contribution in [0, 0.1) is 13.8 Å². The third kappa shape index (κ3) is 3.51. The lowest BCUT2D eigenvalue weighted by molar-refractivity contribution is -0.116. The molecular weight excluding hydrogens is 392 g/mol. The van der Waals surface area contributed by atoms with Crippen molar-refractivity contribution in [1.29, 1.82) is 0 Å². The lowest BCUT2D eigenvalue weighted by Crippen LogP contribution is -2.30. The van der Waals surface area contributed by atoms with Crippen LogP contribution >= 0.6 is 11.6 Å². The van der Waals surface area contributed by atoms with Crippen molar-refractivity contribution in [2.24, 2.45) is 0 Å². The largest absolute Gasteiger partial charge is 0.495 e. The number of benzene rings is 1. The molecule has 0 unspecified atom stereocenters. The predicted octanol–water partition coefficient (Wildman–Crippen LogP) is 3.45. The fourth-order valence-electron chi connectivity index (χ4n) is 3.85. The molecule has 2 aromatic heterocycles. The molecule has 1 aliphatic rings. The molecule has 1 amide bonds. The molecule has 3 heterocycles. The molecule has 0 fully saturated rings. The molecule has 1 aromatic carbocycles. The average molecular weight is 415 g/mol. The molecule has 1 N–H and O–H groups in total. The third-order valence-electron chi connectivity index (χ3n) is 5.38. The number of ether oxygens (including phenoxy) is 1. The van der Waals surface area contributed by atoms with Crippen molar-refractivity contribution >= 4 is 34.2 Å². The Balaban J connectivity index is 1.68. The quantitative estimate of drug-likeness (QED) is 0.709. The smallest absolute Gasteiger partial charge is 0.278 e. The summed E-state index contributed by atoms with van der Waals surface area (Å²) in [7, 11) is 1.52. The Kier molecular flexibility index (Phi) is 5.08. The van der Waals surface area contributed by atoms with Crippen molar-refractivity contribution in [3.8, 4) is 5.75 Å². The molecule has 4 rings (SSSR count). The van der Waals surface area contributed by atoms with Crippen LogP contribution < -0.4 is 15.6 Å². The van der Waals surface area contributed by atoms with Gasteiger partial charge in [-0.15, -0.1) is 0 Å². The Labute approximate surface area is 173 Å². The first kappa shape index (κ1) is 19.5. The standard InChI is InChI=1S/C21H23ClN4O3/c1-12-8-15(17(29-3)10-14(12)22)24-19(27)11-26-13(2)9-16-20(26)21(28)25-7-5-4-6-18(25)23-16/h8-10H,4-7,11H2,1-3H3,(H,24,27). The van der Waals surface area contributed by atoms with Gasteiger partial charge in [-0.2, -0.15) is 0 Å². The lowest BCUT2D eigenvalue weighted by Gasteiger charge is -2.18. The van der Waals surface area contributed by atoms with Gasteiger partial charge in [-0.25, -0.2) is 4.98 Å². The van der Waals surface area contributed by atoms with Gasteiger partial charge in [0.05, 0.1) is 18.3 Å². The zero-order valence-corrected chi connectivity index (χ0v) is 17.5. The number of carbonyl (C=O) groups excluding carboxylic acids is 1. The Morgan fingerprint density at radius 2 is 2.07 bits per heavy atom. The Bertz CT molecular complexity index is 1180. The zero-order valence-electron chi connectivity index (χ0n) is 16.7. The Morgan fingerprint density at radius 1 is 1.28 bits per heavy atom. The highest BCUT2D eigenvalue weighted by Gasteiger charge is 2.20. The number of methoxy groups -OCH3 is 1. The highest BCUT2D eigenvalue weighted by atomic mass is 35.5. The van der Waals surface area contributed by atoms with Crippen LogP contribution in [0.5, 0.6) is 5.75 Å². The summed E-state index contributed by atoms with van der Waals surface area (Å²) in [5.74, 6) is 1.06. The van der Waals surface area contributed by atoms with E-state index in [1.165, 1.54) is 7.11 Å². The van der Waals surface area contributed by atoms with Crippen LogP contribution in [0.1, 0.15) is 29.9 Å². The maximum atomic E-state index is 13.1. The van der Waals surface area contributed by atoms with Crippen molar-refractivity contribution in [2.45, 2.75) is 46.2 Å².